The molecular formula is C22H28N2O2S. The van der Waals surface area contributed by atoms with Gasteiger partial charge in [0.1, 0.15) is 0 Å². The Morgan fingerprint density at radius 1 is 1.04 bits per heavy atom. The van der Waals surface area contributed by atoms with Crippen LogP contribution >= 0.6 is 0 Å². The van der Waals surface area contributed by atoms with Crippen molar-refractivity contribution in [2.75, 3.05) is 11.3 Å². The van der Waals surface area contributed by atoms with E-state index in [9.17, 15) is 8.42 Å². The van der Waals surface area contributed by atoms with E-state index in [4.69, 9.17) is 0 Å². The molecule has 2 aromatic rings. The van der Waals surface area contributed by atoms with Crippen molar-refractivity contribution in [1.82, 2.24) is 5.32 Å². The number of rotatable bonds is 4. The number of sulfonamides is 1. The maximum atomic E-state index is 12.8. The van der Waals surface area contributed by atoms with Crippen LogP contribution in [0.2, 0.25) is 0 Å². The third kappa shape index (κ3) is 3.90. The molecule has 4 rings (SSSR count). The number of hydrogen-bond acceptors (Lipinski definition) is 3. The highest BCUT2D eigenvalue weighted by Gasteiger charge is 2.30. The van der Waals surface area contributed by atoms with Crippen LogP contribution in [0.5, 0.6) is 0 Å². The summed E-state index contributed by atoms with van der Waals surface area (Å²) in [6.07, 6.45) is 4.57. The summed E-state index contributed by atoms with van der Waals surface area (Å²) in [5.41, 5.74) is 4.42. The number of anilines is 1. The first-order valence-electron chi connectivity index (χ1n) is 9.90. The minimum absolute atomic E-state index is 0.307. The first-order chi connectivity index (χ1) is 12.9. The number of benzene rings is 2. The molecule has 0 unspecified atom stereocenters. The summed E-state index contributed by atoms with van der Waals surface area (Å²) in [6, 6.07) is 13.7. The molecule has 0 bridgehead atoms. The summed E-state index contributed by atoms with van der Waals surface area (Å²) >= 11 is 0. The van der Waals surface area contributed by atoms with Crippen molar-refractivity contribution < 1.29 is 8.42 Å². The van der Waals surface area contributed by atoms with Crippen LogP contribution in [-0.2, 0) is 22.9 Å². The molecular weight excluding hydrogens is 356 g/mol. The zero-order valence-electron chi connectivity index (χ0n) is 16.0. The minimum atomic E-state index is -3.57. The lowest BCUT2D eigenvalue weighted by Gasteiger charge is -2.37. The first kappa shape index (κ1) is 18.5. The Labute approximate surface area is 162 Å². The number of piperidine rings is 1. The summed E-state index contributed by atoms with van der Waals surface area (Å²) in [6.45, 7) is 5.31. The van der Waals surface area contributed by atoms with Gasteiger partial charge in [0.05, 0.1) is 4.90 Å². The van der Waals surface area contributed by atoms with E-state index in [1.807, 2.05) is 24.3 Å². The van der Waals surface area contributed by atoms with E-state index in [-0.39, 0.29) is 0 Å². The van der Waals surface area contributed by atoms with Crippen LogP contribution in [0.25, 0.3) is 0 Å². The van der Waals surface area contributed by atoms with E-state index >= 15 is 0 Å². The molecule has 1 heterocycles. The monoisotopic (exact) mass is 384 g/mol. The molecule has 1 aliphatic heterocycles. The second kappa shape index (κ2) is 7.28. The molecule has 0 amide bonds. The van der Waals surface area contributed by atoms with Gasteiger partial charge in [-0.25, -0.2) is 8.42 Å². The fourth-order valence-corrected chi connectivity index (χ4v) is 5.40. The van der Waals surface area contributed by atoms with Gasteiger partial charge in [-0.3, -0.25) is 4.72 Å². The Bertz CT molecular complexity index is 920. The van der Waals surface area contributed by atoms with E-state index in [0.29, 0.717) is 28.5 Å². The molecule has 1 aliphatic carbocycles. The van der Waals surface area contributed by atoms with Crippen molar-refractivity contribution in [2.24, 2.45) is 5.92 Å². The summed E-state index contributed by atoms with van der Waals surface area (Å²) in [5.74, 6) is 1.05. The minimum Gasteiger partial charge on any atom is -0.313 e. The quantitative estimate of drug-likeness (QED) is 0.835. The fraction of sp³-hybridized carbons (Fsp3) is 0.455. The Kier molecular flexibility index (Phi) is 4.99. The third-order valence-corrected chi connectivity index (χ3v) is 7.36. The number of fused-ring (bicyclic) bond motifs is 2. The molecule has 2 N–H and O–H groups in total. The maximum Gasteiger partial charge on any atom is 0.261 e. The third-order valence-electron chi connectivity index (χ3n) is 5.96. The molecule has 0 spiro atoms. The lowest BCUT2D eigenvalue weighted by Crippen LogP contribution is -2.45. The Balaban J connectivity index is 1.54. The molecule has 4 nitrogen and oxygen atoms in total. The van der Waals surface area contributed by atoms with Gasteiger partial charge in [0.25, 0.3) is 10.0 Å². The van der Waals surface area contributed by atoms with Gasteiger partial charge in [-0.15, -0.1) is 0 Å². The summed E-state index contributed by atoms with van der Waals surface area (Å²) in [7, 11) is -3.57. The van der Waals surface area contributed by atoms with Crippen LogP contribution in [0.1, 0.15) is 49.3 Å². The van der Waals surface area contributed by atoms with Crippen molar-refractivity contribution in [3.8, 4) is 0 Å². The lowest BCUT2D eigenvalue weighted by atomic mass is 9.76. The number of hydrogen-bond donors (Lipinski definition) is 2. The van der Waals surface area contributed by atoms with Gasteiger partial charge in [-0.1, -0.05) is 32.0 Å². The zero-order valence-corrected chi connectivity index (χ0v) is 16.9. The molecule has 1 saturated heterocycles. The molecule has 2 aliphatic rings. The highest BCUT2D eigenvalue weighted by atomic mass is 32.2. The summed E-state index contributed by atoms with van der Waals surface area (Å²) in [4.78, 5) is 0.307. The maximum absolute atomic E-state index is 12.8. The van der Waals surface area contributed by atoms with E-state index in [2.05, 4.69) is 30.0 Å². The summed E-state index contributed by atoms with van der Waals surface area (Å²) in [5, 5.41) is 3.64. The molecule has 144 valence electrons. The average Bonchev–Trinajstić information content (AvgIpc) is 2.66. The van der Waals surface area contributed by atoms with Crippen molar-refractivity contribution in [1.29, 1.82) is 0 Å². The van der Waals surface area contributed by atoms with Crippen LogP contribution in [-0.4, -0.2) is 21.0 Å². The van der Waals surface area contributed by atoms with Crippen LogP contribution in [0.15, 0.2) is 47.4 Å². The Hall–Kier alpha value is -1.85. The van der Waals surface area contributed by atoms with Crippen molar-refractivity contribution in [2.45, 2.75) is 56.4 Å². The van der Waals surface area contributed by atoms with E-state index in [0.717, 1.165) is 24.9 Å². The largest absolute Gasteiger partial charge is 0.313 e. The molecule has 27 heavy (non-hydrogen) atoms. The summed E-state index contributed by atoms with van der Waals surface area (Å²) < 4.78 is 28.3. The Morgan fingerprint density at radius 2 is 1.81 bits per heavy atom. The van der Waals surface area contributed by atoms with Gasteiger partial charge in [0.15, 0.2) is 0 Å². The second-order valence-electron chi connectivity index (χ2n) is 8.18. The normalized spacial score (nSPS) is 22.2. The smallest absolute Gasteiger partial charge is 0.261 e. The van der Waals surface area contributed by atoms with Gasteiger partial charge >= 0.3 is 0 Å². The predicted octanol–water partition coefficient (Wildman–Crippen LogP) is 4.08. The second-order valence-corrected chi connectivity index (χ2v) is 9.87. The van der Waals surface area contributed by atoms with E-state index in [1.54, 1.807) is 12.1 Å². The van der Waals surface area contributed by atoms with Crippen LogP contribution in [0.3, 0.4) is 0 Å². The van der Waals surface area contributed by atoms with Gasteiger partial charge < -0.3 is 5.32 Å². The highest BCUT2D eigenvalue weighted by molar-refractivity contribution is 7.92. The van der Waals surface area contributed by atoms with Crippen molar-refractivity contribution in [3.63, 3.8) is 0 Å². The molecule has 2 atom stereocenters. The van der Waals surface area contributed by atoms with Gasteiger partial charge in [0.2, 0.25) is 0 Å². The average molecular weight is 385 g/mol. The molecule has 0 saturated carbocycles. The predicted molar refractivity (Wildman–Crippen MR) is 110 cm³/mol. The molecule has 1 fully saturated rings. The zero-order chi connectivity index (χ0) is 19.0. The topological polar surface area (TPSA) is 58.2 Å². The van der Waals surface area contributed by atoms with Crippen molar-refractivity contribution in [3.05, 3.63) is 59.2 Å². The molecule has 5 heteroatoms. The first-order valence-corrected chi connectivity index (χ1v) is 11.4. The van der Waals surface area contributed by atoms with Gasteiger partial charge in [-0.05, 0) is 85.0 Å². The standard InChI is InChI=1S/C22H28N2O2S/c1-15(2)16-6-9-21(10-7-16)27(25,26)24-20-8-5-17-14-22-18(4-3-11-23-22)12-19(17)13-20/h5-10,13,15,18,22-24H,3-4,11-12,14H2,1-2H3/t18-,22-/m1/s1. The molecule has 0 radical (unpaired) electrons. The Morgan fingerprint density at radius 3 is 2.56 bits per heavy atom. The molecule has 2 aromatic carbocycles. The van der Waals surface area contributed by atoms with Crippen LogP contribution < -0.4 is 10.0 Å². The fourth-order valence-electron chi connectivity index (χ4n) is 4.35. The lowest BCUT2D eigenvalue weighted by molar-refractivity contribution is 0.263. The van der Waals surface area contributed by atoms with Crippen LogP contribution in [0, 0.1) is 5.92 Å². The van der Waals surface area contributed by atoms with Crippen molar-refractivity contribution >= 4 is 15.7 Å². The highest BCUT2D eigenvalue weighted by Crippen LogP contribution is 2.33. The van der Waals surface area contributed by atoms with Gasteiger partial charge in [0, 0.05) is 11.7 Å². The molecule has 0 aromatic heterocycles. The van der Waals surface area contributed by atoms with Crippen LogP contribution in [0.4, 0.5) is 5.69 Å². The SMILES string of the molecule is CC(C)c1ccc(S(=O)(=O)Nc2ccc3c(c2)C[C@H]2CCCN[C@@H]2C3)cc1. The number of nitrogens with one attached hydrogen (secondary N) is 2. The van der Waals surface area contributed by atoms with Gasteiger partial charge in [-0.2, -0.15) is 0 Å². The van der Waals surface area contributed by atoms with E-state index in [1.165, 1.54) is 24.0 Å². The van der Waals surface area contributed by atoms with E-state index < -0.39 is 10.0 Å².